The fourth-order valence-electron chi connectivity index (χ4n) is 1.93. The Morgan fingerprint density at radius 1 is 1.04 bits per heavy atom. The maximum Gasteiger partial charge on any atom is 0.258 e. The number of rotatable bonds is 4. The maximum atomic E-state index is 12.3. The van der Waals surface area contributed by atoms with E-state index in [4.69, 9.17) is 23.8 Å². The molecule has 2 aromatic rings. The summed E-state index contributed by atoms with van der Waals surface area (Å²) >= 11 is 14.5. The van der Waals surface area contributed by atoms with Crippen molar-refractivity contribution < 1.29 is 9.59 Å². The Morgan fingerprint density at radius 2 is 1.62 bits per heavy atom. The van der Waals surface area contributed by atoms with Crippen LogP contribution in [-0.2, 0) is 4.79 Å². The second kappa shape index (κ2) is 9.12. The first-order chi connectivity index (χ1) is 12.3. The van der Waals surface area contributed by atoms with Crippen LogP contribution >= 0.6 is 39.7 Å². The normalized spacial score (nSPS) is 10.3. The van der Waals surface area contributed by atoms with E-state index in [-0.39, 0.29) is 16.9 Å². The van der Waals surface area contributed by atoms with E-state index in [2.05, 4.69) is 31.9 Å². The minimum Gasteiger partial charge on any atom is -0.332 e. The van der Waals surface area contributed by atoms with Gasteiger partial charge in [0.15, 0.2) is 5.11 Å². The molecule has 0 unspecified atom stereocenters. The SMILES string of the molecule is CC(C)C(=O)Nc1ccc(NC(=S)NC(=O)c2cc(Br)ccc2Cl)cc1. The summed E-state index contributed by atoms with van der Waals surface area (Å²) in [5, 5.41) is 8.77. The van der Waals surface area contributed by atoms with E-state index in [9.17, 15) is 9.59 Å². The summed E-state index contributed by atoms with van der Waals surface area (Å²) < 4.78 is 0.741. The van der Waals surface area contributed by atoms with Crippen molar-refractivity contribution in [2.24, 2.45) is 5.92 Å². The van der Waals surface area contributed by atoms with Gasteiger partial charge in [-0.15, -0.1) is 0 Å². The summed E-state index contributed by atoms with van der Waals surface area (Å²) in [5.41, 5.74) is 1.68. The van der Waals surface area contributed by atoms with E-state index in [1.54, 1.807) is 42.5 Å². The first kappa shape index (κ1) is 20.4. The minimum atomic E-state index is -0.408. The second-order valence-electron chi connectivity index (χ2n) is 5.75. The number of carbonyl (C=O) groups is 2. The van der Waals surface area contributed by atoms with Crippen LogP contribution in [0.4, 0.5) is 11.4 Å². The molecule has 0 fully saturated rings. The molecule has 0 aliphatic rings. The van der Waals surface area contributed by atoms with Crippen molar-refractivity contribution in [3.05, 3.63) is 57.5 Å². The van der Waals surface area contributed by atoms with Crippen molar-refractivity contribution in [1.29, 1.82) is 0 Å². The lowest BCUT2D eigenvalue weighted by Gasteiger charge is -2.12. The van der Waals surface area contributed by atoms with E-state index in [1.807, 2.05) is 13.8 Å². The van der Waals surface area contributed by atoms with E-state index in [0.29, 0.717) is 22.0 Å². The monoisotopic (exact) mass is 453 g/mol. The van der Waals surface area contributed by atoms with Crippen LogP contribution in [0.25, 0.3) is 0 Å². The van der Waals surface area contributed by atoms with Crippen LogP contribution in [0.2, 0.25) is 5.02 Å². The quantitative estimate of drug-likeness (QED) is 0.579. The van der Waals surface area contributed by atoms with E-state index in [1.165, 1.54) is 0 Å². The standard InChI is InChI=1S/C18H17BrClN3O2S/c1-10(2)16(24)21-12-4-6-13(7-5-12)22-18(26)23-17(25)14-9-11(19)3-8-15(14)20/h3-10H,1-2H3,(H,21,24)(H2,22,23,25,26). The van der Waals surface area contributed by atoms with Crippen molar-refractivity contribution in [2.75, 3.05) is 10.6 Å². The summed E-state index contributed by atoms with van der Waals surface area (Å²) in [6.45, 7) is 3.65. The number of thiocarbonyl (C=S) groups is 1. The number of halogens is 2. The fourth-order valence-corrected chi connectivity index (χ4v) is 2.70. The van der Waals surface area contributed by atoms with Crippen molar-refractivity contribution in [3.8, 4) is 0 Å². The molecule has 0 radical (unpaired) electrons. The number of nitrogens with one attached hydrogen (secondary N) is 3. The molecule has 0 aliphatic heterocycles. The molecule has 0 aromatic heterocycles. The van der Waals surface area contributed by atoms with Gasteiger partial charge in [0, 0.05) is 21.8 Å². The molecule has 3 N–H and O–H groups in total. The van der Waals surface area contributed by atoms with E-state index >= 15 is 0 Å². The second-order valence-corrected chi connectivity index (χ2v) is 7.48. The van der Waals surface area contributed by atoms with Crippen LogP contribution in [0.3, 0.4) is 0 Å². The largest absolute Gasteiger partial charge is 0.332 e. The Morgan fingerprint density at radius 3 is 2.19 bits per heavy atom. The minimum absolute atomic E-state index is 0.0561. The average Bonchev–Trinajstić information content (AvgIpc) is 2.58. The molecule has 2 rings (SSSR count). The van der Waals surface area contributed by atoms with Gasteiger partial charge in [0.1, 0.15) is 0 Å². The first-order valence-corrected chi connectivity index (χ1v) is 9.32. The number of carbonyl (C=O) groups excluding carboxylic acids is 2. The van der Waals surface area contributed by atoms with Crippen molar-refractivity contribution in [2.45, 2.75) is 13.8 Å². The number of benzene rings is 2. The van der Waals surface area contributed by atoms with Gasteiger partial charge < -0.3 is 10.6 Å². The molecule has 0 aliphatic carbocycles. The molecular formula is C18H17BrClN3O2S. The molecule has 0 saturated carbocycles. The molecule has 0 saturated heterocycles. The van der Waals surface area contributed by atoms with Crippen LogP contribution in [0.5, 0.6) is 0 Å². The molecule has 0 atom stereocenters. The van der Waals surface area contributed by atoms with Gasteiger partial charge in [-0.25, -0.2) is 0 Å². The highest BCUT2D eigenvalue weighted by molar-refractivity contribution is 9.10. The predicted molar refractivity (Wildman–Crippen MR) is 113 cm³/mol. The van der Waals surface area contributed by atoms with Gasteiger partial charge in [-0.1, -0.05) is 41.4 Å². The average molecular weight is 455 g/mol. The van der Waals surface area contributed by atoms with E-state index in [0.717, 1.165) is 4.47 Å². The topological polar surface area (TPSA) is 70.2 Å². The number of hydrogen-bond acceptors (Lipinski definition) is 3. The zero-order valence-electron chi connectivity index (χ0n) is 14.1. The summed E-state index contributed by atoms with van der Waals surface area (Å²) in [7, 11) is 0. The smallest absolute Gasteiger partial charge is 0.258 e. The van der Waals surface area contributed by atoms with Gasteiger partial charge in [0.05, 0.1) is 10.6 Å². The zero-order chi connectivity index (χ0) is 19.3. The van der Waals surface area contributed by atoms with Crippen molar-refractivity contribution >= 4 is 68.1 Å². The molecule has 2 amide bonds. The van der Waals surface area contributed by atoms with Gasteiger partial charge >= 0.3 is 0 Å². The summed E-state index contributed by atoms with van der Waals surface area (Å²) in [4.78, 5) is 23.9. The van der Waals surface area contributed by atoms with Crippen LogP contribution in [0, 0.1) is 5.92 Å². The highest BCUT2D eigenvalue weighted by atomic mass is 79.9. The van der Waals surface area contributed by atoms with Gasteiger partial charge in [0.2, 0.25) is 5.91 Å². The van der Waals surface area contributed by atoms with Gasteiger partial charge in [-0.2, -0.15) is 0 Å². The third kappa shape index (κ3) is 5.79. The summed E-state index contributed by atoms with van der Waals surface area (Å²) in [6.07, 6.45) is 0. The Kier molecular flexibility index (Phi) is 7.14. The lowest BCUT2D eigenvalue weighted by atomic mass is 10.2. The van der Waals surface area contributed by atoms with Gasteiger partial charge in [-0.05, 0) is 54.7 Å². The Balaban J connectivity index is 1.96. The highest BCUT2D eigenvalue weighted by Gasteiger charge is 2.13. The molecule has 2 aromatic carbocycles. The third-order valence-electron chi connectivity index (χ3n) is 3.33. The number of amides is 2. The number of hydrogen-bond donors (Lipinski definition) is 3. The lowest BCUT2D eigenvalue weighted by Crippen LogP contribution is -2.34. The molecule has 26 heavy (non-hydrogen) atoms. The molecule has 0 heterocycles. The molecule has 5 nitrogen and oxygen atoms in total. The van der Waals surface area contributed by atoms with Crippen LogP contribution in [0.15, 0.2) is 46.9 Å². The lowest BCUT2D eigenvalue weighted by molar-refractivity contribution is -0.118. The van der Waals surface area contributed by atoms with Gasteiger partial charge in [-0.3, -0.25) is 14.9 Å². The Hall–Kier alpha value is -1.96. The summed E-state index contributed by atoms with van der Waals surface area (Å²) in [5.74, 6) is -0.561. The van der Waals surface area contributed by atoms with Gasteiger partial charge in [0.25, 0.3) is 5.91 Å². The molecule has 0 bridgehead atoms. The van der Waals surface area contributed by atoms with Crippen LogP contribution in [0.1, 0.15) is 24.2 Å². The van der Waals surface area contributed by atoms with Crippen LogP contribution in [-0.4, -0.2) is 16.9 Å². The van der Waals surface area contributed by atoms with Crippen molar-refractivity contribution in [1.82, 2.24) is 5.32 Å². The highest BCUT2D eigenvalue weighted by Crippen LogP contribution is 2.21. The fraction of sp³-hybridized carbons (Fsp3) is 0.167. The van der Waals surface area contributed by atoms with Crippen LogP contribution < -0.4 is 16.0 Å². The molecule has 8 heteroatoms. The molecular weight excluding hydrogens is 438 g/mol. The molecule has 136 valence electrons. The Labute approximate surface area is 170 Å². The van der Waals surface area contributed by atoms with Crippen molar-refractivity contribution in [3.63, 3.8) is 0 Å². The maximum absolute atomic E-state index is 12.3. The van der Waals surface area contributed by atoms with E-state index < -0.39 is 5.91 Å². The molecule has 0 spiro atoms. The number of anilines is 2. The third-order valence-corrected chi connectivity index (χ3v) is 4.36. The predicted octanol–water partition coefficient (Wildman–Crippen LogP) is 4.82. The summed E-state index contributed by atoms with van der Waals surface area (Å²) in [6, 6.07) is 12.0. The zero-order valence-corrected chi connectivity index (χ0v) is 17.3. The first-order valence-electron chi connectivity index (χ1n) is 7.74. The Bertz CT molecular complexity index is 841.